The second-order valence-electron chi connectivity index (χ2n) is 7.56. The molecule has 0 fully saturated rings. The molecule has 0 aliphatic heterocycles. The maximum atomic E-state index is 2.30. The molecule has 0 atom stereocenters. The van der Waals surface area contributed by atoms with Crippen molar-refractivity contribution in [2.75, 3.05) is 0 Å². The maximum absolute atomic E-state index is 2.30. The summed E-state index contributed by atoms with van der Waals surface area (Å²) in [6.45, 7) is 4.49. The monoisotopic (exact) mass is 432 g/mol. The molecule has 30 heavy (non-hydrogen) atoms. The summed E-state index contributed by atoms with van der Waals surface area (Å²) >= 11 is 3.65. The highest BCUT2D eigenvalue weighted by atomic mass is 32.2. The van der Waals surface area contributed by atoms with Crippen LogP contribution in [0.2, 0.25) is 0 Å². The fourth-order valence-corrected chi connectivity index (χ4v) is 5.01. The molecule has 156 valence electrons. The van der Waals surface area contributed by atoms with Crippen molar-refractivity contribution in [3.63, 3.8) is 0 Å². The zero-order chi connectivity index (χ0) is 21.0. The van der Waals surface area contributed by atoms with Crippen LogP contribution in [0.15, 0.2) is 94.1 Å². The lowest BCUT2D eigenvalue weighted by atomic mass is 10.1. The van der Waals surface area contributed by atoms with E-state index in [4.69, 9.17) is 0 Å². The highest BCUT2D eigenvalue weighted by Crippen LogP contribution is 2.37. The van der Waals surface area contributed by atoms with Crippen molar-refractivity contribution in [3.05, 3.63) is 101 Å². The smallest absolute Gasteiger partial charge is 0.0261 e. The van der Waals surface area contributed by atoms with Crippen LogP contribution >= 0.6 is 23.5 Å². The maximum Gasteiger partial charge on any atom is 0.0261 e. The second-order valence-corrected chi connectivity index (χ2v) is 9.62. The Bertz CT molecular complexity index is 894. The molecule has 0 unspecified atom stereocenters. The van der Waals surface area contributed by atoms with Crippen LogP contribution in [0.4, 0.5) is 0 Å². The molecule has 0 amide bonds. The molecule has 0 N–H and O–H groups in total. The van der Waals surface area contributed by atoms with Crippen LogP contribution in [0.3, 0.4) is 0 Å². The number of hydrogen-bond acceptors (Lipinski definition) is 2. The first-order valence-electron chi connectivity index (χ1n) is 11.1. The van der Waals surface area contributed by atoms with E-state index in [0.717, 1.165) is 0 Å². The Labute approximate surface area is 191 Å². The molecule has 3 aromatic carbocycles. The Morgan fingerprint density at radius 3 is 1.73 bits per heavy atom. The summed E-state index contributed by atoms with van der Waals surface area (Å²) in [6, 6.07) is 28.8. The van der Waals surface area contributed by atoms with E-state index in [0.29, 0.717) is 0 Å². The van der Waals surface area contributed by atoms with Crippen molar-refractivity contribution < 1.29 is 0 Å². The molecule has 0 aromatic heterocycles. The molecule has 2 heteroatoms. The number of unbranched alkanes of at least 4 members (excludes halogenated alkanes) is 2. The van der Waals surface area contributed by atoms with Crippen LogP contribution in [0, 0.1) is 0 Å². The minimum atomic E-state index is 1.17. The molecule has 0 nitrogen and oxygen atoms in total. The standard InChI is InChI=1S/C28H32S2/c1-3-5-10-23-14-18-26(19-15-23)29-22-28(25-12-8-7-9-13-25)30-27-20-16-24(17-21-27)11-6-4-2/h7-9,12-22H,3-6,10-11H2,1-2H3/b28-22+. The predicted octanol–water partition coefficient (Wildman–Crippen LogP) is 9.25. The minimum Gasteiger partial charge on any atom is -0.0969 e. The van der Waals surface area contributed by atoms with E-state index in [2.05, 4.69) is 98.1 Å². The van der Waals surface area contributed by atoms with E-state index in [9.17, 15) is 0 Å². The van der Waals surface area contributed by atoms with Crippen LogP contribution in [0.1, 0.15) is 56.2 Å². The molecule has 3 aromatic rings. The first-order chi connectivity index (χ1) is 14.8. The highest BCUT2D eigenvalue weighted by molar-refractivity contribution is 8.10. The van der Waals surface area contributed by atoms with Gasteiger partial charge in [-0.3, -0.25) is 0 Å². The Kier molecular flexibility index (Phi) is 9.66. The van der Waals surface area contributed by atoms with Crippen molar-refractivity contribution in [2.24, 2.45) is 0 Å². The molecular formula is C28H32S2. The first kappa shape index (κ1) is 22.8. The van der Waals surface area contributed by atoms with Gasteiger partial charge in [-0.25, -0.2) is 0 Å². The highest BCUT2D eigenvalue weighted by Gasteiger charge is 2.06. The second kappa shape index (κ2) is 12.7. The Hall–Kier alpha value is -1.90. The van der Waals surface area contributed by atoms with E-state index in [1.807, 2.05) is 11.8 Å². The van der Waals surface area contributed by atoms with Crippen molar-refractivity contribution >= 4 is 28.4 Å². The number of aryl methyl sites for hydroxylation is 2. The molecule has 0 aliphatic carbocycles. The molecule has 0 bridgehead atoms. The van der Waals surface area contributed by atoms with Crippen molar-refractivity contribution in [2.45, 2.75) is 62.2 Å². The van der Waals surface area contributed by atoms with E-state index >= 15 is 0 Å². The van der Waals surface area contributed by atoms with Gasteiger partial charge in [0.05, 0.1) is 0 Å². The quantitative estimate of drug-likeness (QED) is 0.277. The first-order valence-corrected chi connectivity index (χ1v) is 12.8. The van der Waals surface area contributed by atoms with Gasteiger partial charge in [0.25, 0.3) is 0 Å². The van der Waals surface area contributed by atoms with Crippen LogP contribution in [0.5, 0.6) is 0 Å². The van der Waals surface area contributed by atoms with Gasteiger partial charge in [-0.2, -0.15) is 0 Å². The van der Waals surface area contributed by atoms with Gasteiger partial charge in [-0.1, -0.05) is 105 Å². The van der Waals surface area contributed by atoms with Crippen LogP contribution < -0.4 is 0 Å². The lowest BCUT2D eigenvalue weighted by Crippen LogP contribution is -1.85. The molecule has 0 spiro atoms. The zero-order valence-electron chi connectivity index (χ0n) is 18.1. The normalized spacial score (nSPS) is 11.6. The average molecular weight is 433 g/mol. The predicted molar refractivity (Wildman–Crippen MR) is 136 cm³/mol. The summed E-state index contributed by atoms with van der Waals surface area (Å²) in [5.41, 5.74) is 4.14. The van der Waals surface area contributed by atoms with Gasteiger partial charge >= 0.3 is 0 Å². The molecular weight excluding hydrogens is 400 g/mol. The summed E-state index contributed by atoms with van der Waals surface area (Å²) in [5.74, 6) is 0. The lowest BCUT2D eigenvalue weighted by Gasteiger charge is -2.09. The van der Waals surface area contributed by atoms with E-state index in [1.165, 1.54) is 69.9 Å². The summed E-state index contributed by atoms with van der Waals surface area (Å²) < 4.78 is 0. The SMILES string of the molecule is CCCCc1ccc(S/C=C(/Sc2ccc(CCCC)cc2)c2ccccc2)cc1. The van der Waals surface area contributed by atoms with Crippen LogP contribution in [0.25, 0.3) is 4.91 Å². The largest absolute Gasteiger partial charge is 0.0969 e. The van der Waals surface area contributed by atoms with Crippen molar-refractivity contribution in [1.29, 1.82) is 0 Å². The fraction of sp³-hybridized carbons (Fsp3) is 0.286. The molecule has 0 saturated heterocycles. The average Bonchev–Trinajstić information content (AvgIpc) is 2.81. The molecule has 0 radical (unpaired) electrons. The number of rotatable bonds is 11. The lowest BCUT2D eigenvalue weighted by molar-refractivity contribution is 0.794. The number of thioether (sulfide) groups is 2. The zero-order valence-corrected chi connectivity index (χ0v) is 19.8. The Balaban J connectivity index is 1.72. The Morgan fingerprint density at radius 1 is 0.667 bits per heavy atom. The van der Waals surface area contributed by atoms with Crippen LogP contribution in [-0.4, -0.2) is 0 Å². The molecule has 0 saturated carbocycles. The van der Waals surface area contributed by atoms with Gasteiger partial charge in [0.1, 0.15) is 0 Å². The van der Waals surface area contributed by atoms with Gasteiger partial charge in [-0.15, -0.1) is 0 Å². The van der Waals surface area contributed by atoms with Gasteiger partial charge < -0.3 is 0 Å². The third-order valence-corrected chi connectivity index (χ3v) is 7.20. The van der Waals surface area contributed by atoms with E-state index in [1.54, 1.807) is 11.8 Å². The van der Waals surface area contributed by atoms with E-state index in [-0.39, 0.29) is 0 Å². The topological polar surface area (TPSA) is 0 Å². The van der Waals surface area contributed by atoms with Crippen LogP contribution in [-0.2, 0) is 12.8 Å². The molecule has 0 heterocycles. The van der Waals surface area contributed by atoms with E-state index < -0.39 is 0 Å². The van der Waals surface area contributed by atoms with Crippen molar-refractivity contribution in [3.8, 4) is 0 Å². The summed E-state index contributed by atoms with van der Waals surface area (Å²) in [4.78, 5) is 3.87. The fourth-order valence-electron chi connectivity index (χ4n) is 3.22. The summed E-state index contributed by atoms with van der Waals surface area (Å²) in [6.07, 6.45) is 7.36. The number of benzene rings is 3. The molecule has 0 aliphatic rings. The van der Waals surface area contributed by atoms with Crippen molar-refractivity contribution in [1.82, 2.24) is 0 Å². The minimum absolute atomic E-state index is 1.17. The third kappa shape index (κ3) is 7.41. The molecule has 3 rings (SSSR count). The third-order valence-electron chi connectivity index (χ3n) is 5.07. The number of hydrogen-bond donors (Lipinski definition) is 0. The Morgan fingerprint density at radius 2 is 1.20 bits per heavy atom. The van der Waals surface area contributed by atoms with Gasteiger partial charge in [0.2, 0.25) is 0 Å². The summed E-state index contributed by atoms with van der Waals surface area (Å²) in [5, 5.41) is 2.30. The van der Waals surface area contributed by atoms with Gasteiger partial charge in [0, 0.05) is 14.7 Å². The van der Waals surface area contributed by atoms with Gasteiger partial charge in [0.15, 0.2) is 0 Å². The summed E-state index contributed by atoms with van der Waals surface area (Å²) in [7, 11) is 0. The van der Waals surface area contributed by atoms with Gasteiger partial charge in [-0.05, 0) is 72.0 Å².